The molecule has 0 radical (unpaired) electrons. The van der Waals surface area contributed by atoms with E-state index in [1.165, 1.54) is 7.11 Å². The molecule has 0 spiro atoms. The number of hydrogen-bond acceptors (Lipinski definition) is 4. The molecule has 0 saturated carbocycles. The Morgan fingerprint density at radius 1 is 1.67 bits per heavy atom. The quantitative estimate of drug-likeness (QED) is 0.443. The molecule has 78 valence electrons. The Labute approximate surface area is 94.3 Å². The number of hydrogen-bond donors (Lipinski definition) is 1. The number of nitrogens with zero attached hydrogens (tertiary/aromatic N) is 1. The fraction of sp³-hybridized carbons (Fsp3) is 0.273. The summed E-state index contributed by atoms with van der Waals surface area (Å²) in [5.74, 6) is 5.76. The van der Waals surface area contributed by atoms with Gasteiger partial charge < -0.3 is 4.74 Å². The molecule has 0 aliphatic heterocycles. The monoisotopic (exact) mass is 221 g/mol. The predicted molar refractivity (Wildman–Crippen MR) is 61.0 cm³/mol. The van der Waals surface area contributed by atoms with Crippen LogP contribution in [0.15, 0.2) is 12.3 Å². The molecule has 0 bridgehead atoms. The standard InChI is InChI=1S/C11H11NO2S/c1-8-6-9(4-3-5-15)7-12-10(8)11(13)14-2/h6-7,15H,5H2,1-2H3. The smallest absolute Gasteiger partial charge is 0.356 e. The van der Waals surface area contributed by atoms with Crippen LogP contribution in [0.1, 0.15) is 21.6 Å². The Kier molecular flexibility index (Phi) is 4.19. The van der Waals surface area contributed by atoms with E-state index in [0.29, 0.717) is 11.4 Å². The van der Waals surface area contributed by atoms with Crippen molar-refractivity contribution < 1.29 is 9.53 Å². The number of ether oxygens (including phenoxy) is 1. The number of rotatable bonds is 1. The second-order valence-electron chi connectivity index (χ2n) is 2.84. The molecule has 1 aromatic rings. The molecule has 1 rings (SSSR count). The first-order valence-electron chi connectivity index (χ1n) is 4.33. The van der Waals surface area contributed by atoms with Crippen LogP contribution in [0.4, 0.5) is 0 Å². The summed E-state index contributed by atoms with van der Waals surface area (Å²) in [6, 6.07) is 1.80. The number of aromatic nitrogens is 1. The van der Waals surface area contributed by atoms with Gasteiger partial charge in [-0.25, -0.2) is 9.78 Å². The minimum absolute atomic E-state index is 0.328. The maximum Gasteiger partial charge on any atom is 0.356 e. The second kappa shape index (κ2) is 5.42. The van der Waals surface area contributed by atoms with Crippen molar-refractivity contribution >= 4 is 18.6 Å². The maximum absolute atomic E-state index is 11.2. The lowest BCUT2D eigenvalue weighted by Crippen LogP contribution is -2.06. The molecule has 1 aromatic heterocycles. The van der Waals surface area contributed by atoms with E-state index in [9.17, 15) is 4.79 Å². The number of methoxy groups -OCH3 is 1. The highest BCUT2D eigenvalue weighted by Gasteiger charge is 2.10. The lowest BCUT2D eigenvalue weighted by atomic mass is 10.1. The van der Waals surface area contributed by atoms with Crippen LogP contribution in [-0.4, -0.2) is 23.8 Å². The lowest BCUT2D eigenvalue weighted by Gasteiger charge is -2.02. The average Bonchev–Trinajstić information content (AvgIpc) is 2.25. The molecule has 0 aliphatic rings. The summed E-state index contributed by atoms with van der Waals surface area (Å²) in [6.07, 6.45) is 1.55. The minimum atomic E-state index is -0.429. The molecule has 0 fully saturated rings. The van der Waals surface area contributed by atoms with Crippen molar-refractivity contribution in [2.75, 3.05) is 12.9 Å². The van der Waals surface area contributed by atoms with Gasteiger partial charge in [0.2, 0.25) is 0 Å². The summed E-state index contributed by atoms with van der Waals surface area (Å²) in [6.45, 7) is 1.80. The van der Waals surface area contributed by atoms with Gasteiger partial charge in [-0.2, -0.15) is 12.6 Å². The second-order valence-corrected chi connectivity index (χ2v) is 3.16. The van der Waals surface area contributed by atoms with E-state index in [0.717, 1.165) is 11.1 Å². The summed E-state index contributed by atoms with van der Waals surface area (Å²) in [5.41, 5.74) is 1.86. The first-order chi connectivity index (χ1) is 7.19. The summed E-state index contributed by atoms with van der Waals surface area (Å²) >= 11 is 3.98. The van der Waals surface area contributed by atoms with Crippen LogP contribution >= 0.6 is 12.6 Å². The van der Waals surface area contributed by atoms with Gasteiger partial charge in [-0.05, 0) is 18.6 Å². The van der Waals surface area contributed by atoms with E-state index in [4.69, 9.17) is 0 Å². The summed E-state index contributed by atoms with van der Waals surface area (Å²) < 4.78 is 4.59. The predicted octanol–water partition coefficient (Wildman–Crippen LogP) is 1.46. The molecular weight excluding hydrogens is 210 g/mol. The van der Waals surface area contributed by atoms with Gasteiger partial charge in [0.1, 0.15) is 0 Å². The van der Waals surface area contributed by atoms with Crippen molar-refractivity contribution in [1.82, 2.24) is 4.98 Å². The van der Waals surface area contributed by atoms with Crippen LogP contribution in [0.25, 0.3) is 0 Å². The van der Waals surface area contributed by atoms with Crippen LogP contribution in [0.5, 0.6) is 0 Å². The molecule has 15 heavy (non-hydrogen) atoms. The summed E-state index contributed by atoms with van der Waals surface area (Å²) in [4.78, 5) is 15.2. The molecule has 0 saturated heterocycles. The molecule has 0 unspecified atom stereocenters. The number of thiol groups is 1. The number of carbonyl (C=O) groups excluding carboxylic acids is 1. The van der Waals surface area contributed by atoms with Gasteiger partial charge in [0.15, 0.2) is 5.69 Å². The van der Waals surface area contributed by atoms with E-state index in [1.54, 1.807) is 19.2 Å². The highest BCUT2D eigenvalue weighted by molar-refractivity contribution is 7.80. The van der Waals surface area contributed by atoms with E-state index in [2.05, 4.69) is 34.2 Å². The molecule has 0 N–H and O–H groups in total. The van der Waals surface area contributed by atoms with Crippen molar-refractivity contribution in [3.05, 3.63) is 29.1 Å². The maximum atomic E-state index is 11.2. The zero-order chi connectivity index (χ0) is 11.3. The van der Waals surface area contributed by atoms with Crippen LogP contribution in [0, 0.1) is 18.8 Å². The lowest BCUT2D eigenvalue weighted by molar-refractivity contribution is 0.0593. The number of carbonyl (C=O) groups is 1. The van der Waals surface area contributed by atoms with Crippen molar-refractivity contribution in [2.24, 2.45) is 0 Å². The molecule has 0 aliphatic carbocycles. The van der Waals surface area contributed by atoms with Crippen LogP contribution in [0.2, 0.25) is 0 Å². The Hall–Kier alpha value is -1.47. The largest absolute Gasteiger partial charge is 0.464 e. The van der Waals surface area contributed by atoms with Gasteiger partial charge in [-0.15, -0.1) is 0 Å². The van der Waals surface area contributed by atoms with Crippen molar-refractivity contribution in [3.8, 4) is 11.8 Å². The zero-order valence-electron chi connectivity index (χ0n) is 8.57. The molecule has 1 heterocycles. The SMILES string of the molecule is COC(=O)c1ncc(C#CCS)cc1C. The van der Waals surface area contributed by atoms with Gasteiger partial charge >= 0.3 is 5.97 Å². The normalized spacial score (nSPS) is 9.00. The number of aryl methyl sites for hydroxylation is 1. The van der Waals surface area contributed by atoms with Gasteiger partial charge in [0.25, 0.3) is 0 Å². The van der Waals surface area contributed by atoms with E-state index in [1.807, 2.05) is 0 Å². The first-order valence-corrected chi connectivity index (χ1v) is 4.97. The Balaban J connectivity index is 3.03. The first kappa shape index (κ1) is 11.6. The summed E-state index contributed by atoms with van der Waals surface area (Å²) in [5, 5.41) is 0. The molecule has 0 amide bonds. The van der Waals surface area contributed by atoms with Crippen LogP contribution < -0.4 is 0 Å². The van der Waals surface area contributed by atoms with Gasteiger partial charge in [-0.1, -0.05) is 11.8 Å². The van der Waals surface area contributed by atoms with Gasteiger partial charge in [0.05, 0.1) is 12.9 Å². The van der Waals surface area contributed by atoms with E-state index >= 15 is 0 Å². The Morgan fingerprint density at radius 3 is 2.93 bits per heavy atom. The third-order valence-electron chi connectivity index (χ3n) is 1.77. The van der Waals surface area contributed by atoms with Crippen LogP contribution in [-0.2, 0) is 4.74 Å². The van der Waals surface area contributed by atoms with E-state index < -0.39 is 5.97 Å². The van der Waals surface area contributed by atoms with E-state index in [-0.39, 0.29) is 0 Å². The third kappa shape index (κ3) is 3.00. The molecule has 0 aromatic carbocycles. The van der Waals surface area contributed by atoms with Crippen molar-refractivity contribution in [1.29, 1.82) is 0 Å². The Bertz CT molecular complexity index is 432. The molecule has 4 heteroatoms. The zero-order valence-corrected chi connectivity index (χ0v) is 9.47. The average molecular weight is 221 g/mol. The number of esters is 1. The van der Waals surface area contributed by atoms with Gasteiger partial charge in [0, 0.05) is 11.8 Å². The minimum Gasteiger partial charge on any atom is -0.464 e. The fourth-order valence-electron chi connectivity index (χ4n) is 1.10. The molecular formula is C11H11NO2S. The highest BCUT2D eigenvalue weighted by Crippen LogP contribution is 2.07. The number of pyridine rings is 1. The highest BCUT2D eigenvalue weighted by atomic mass is 32.1. The van der Waals surface area contributed by atoms with Crippen molar-refractivity contribution in [3.63, 3.8) is 0 Å². The molecule has 0 atom stereocenters. The topological polar surface area (TPSA) is 39.2 Å². The molecule has 3 nitrogen and oxygen atoms in total. The Morgan fingerprint density at radius 2 is 2.40 bits per heavy atom. The fourth-order valence-corrected chi connectivity index (χ4v) is 1.17. The third-order valence-corrected chi connectivity index (χ3v) is 1.93. The van der Waals surface area contributed by atoms with Crippen molar-refractivity contribution in [2.45, 2.75) is 6.92 Å². The summed E-state index contributed by atoms with van der Waals surface area (Å²) in [7, 11) is 1.33. The van der Waals surface area contributed by atoms with Crippen LogP contribution in [0.3, 0.4) is 0 Å². The van der Waals surface area contributed by atoms with Gasteiger partial charge in [-0.3, -0.25) is 0 Å².